The predicted molar refractivity (Wildman–Crippen MR) is 124 cm³/mol. The lowest BCUT2D eigenvalue weighted by Crippen LogP contribution is -2.29. The Bertz CT molecular complexity index is 1270. The summed E-state index contributed by atoms with van der Waals surface area (Å²) < 4.78 is 6.83. The molecule has 1 saturated heterocycles. The summed E-state index contributed by atoms with van der Waals surface area (Å²) in [6, 6.07) is 14.3. The maximum Gasteiger partial charge on any atom is 0.256 e. The fourth-order valence-corrected chi connectivity index (χ4v) is 4.74. The molecule has 31 heavy (non-hydrogen) atoms. The van der Waals surface area contributed by atoms with Crippen molar-refractivity contribution in [1.82, 2.24) is 4.98 Å². The van der Waals surface area contributed by atoms with Gasteiger partial charge in [0, 0.05) is 41.9 Å². The number of benzene rings is 1. The van der Waals surface area contributed by atoms with E-state index >= 15 is 0 Å². The van der Waals surface area contributed by atoms with Crippen LogP contribution in [0.4, 0.5) is 11.7 Å². The lowest BCUT2D eigenvalue weighted by Gasteiger charge is -2.26. The molecule has 1 aliphatic rings. The Morgan fingerprint density at radius 1 is 1.06 bits per heavy atom. The van der Waals surface area contributed by atoms with E-state index in [0.717, 1.165) is 37.1 Å². The van der Waals surface area contributed by atoms with Crippen LogP contribution >= 0.6 is 11.3 Å². The highest BCUT2D eigenvalue weighted by molar-refractivity contribution is 7.17. The molecule has 0 atom stereocenters. The molecule has 0 bridgehead atoms. The number of nitrogens with zero attached hydrogens (tertiary/aromatic N) is 2. The summed E-state index contributed by atoms with van der Waals surface area (Å²) in [7, 11) is 0. The molecular weight excluding hydrogens is 410 g/mol. The van der Waals surface area contributed by atoms with Gasteiger partial charge in [-0.15, -0.1) is 11.3 Å². The monoisotopic (exact) mass is 431 g/mol. The Morgan fingerprint density at radius 3 is 2.61 bits per heavy atom. The number of fused-ring (bicyclic) bond motifs is 1. The van der Waals surface area contributed by atoms with Gasteiger partial charge in [0.1, 0.15) is 10.5 Å². The van der Waals surface area contributed by atoms with Gasteiger partial charge in [-0.1, -0.05) is 18.2 Å². The van der Waals surface area contributed by atoms with Gasteiger partial charge in [0.15, 0.2) is 11.5 Å². The van der Waals surface area contributed by atoms with Crippen LogP contribution in [0.5, 0.6) is 0 Å². The summed E-state index contributed by atoms with van der Waals surface area (Å²) in [6.07, 6.45) is 5.07. The predicted octanol–water partition coefficient (Wildman–Crippen LogP) is 5.16. The molecule has 0 saturated carbocycles. The van der Waals surface area contributed by atoms with Gasteiger partial charge in [0.25, 0.3) is 5.91 Å². The Kier molecular flexibility index (Phi) is 5.26. The first kappa shape index (κ1) is 19.5. The number of amides is 1. The fourth-order valence-electron chi connectivity index (χ4n) is 3.83. The maximum absolute atomic E-state index is 12.7. The number of carbonyl (C=O) groups excluding carboxylic acids is 1. The van der Waals surface area contributed by atoms with Gasteiger partial charge in [-0.3, -0.25) is 9.59 Å². The Morgan fingerprint density at radius 2 is 1.87 bits per heavy atom. The zero-order valence-electron chi connectivity index (χ0n) is 16.8. The van der Waals surface area contributed by atoms with Crippen molar-refractivity contribution in [2.75, 3.05) is 23.3 Å². The smallest absolute Gasteiger partial charge is 0.256 e. The van der Waals surface area contributed by atoms with Crippen LogP contribution in [0.25, 0.3) is 21.4 Å². The van der Waals surface area contributed by atoms with E-state index in [9.17, 15) is 9.59 Å². The van der Waals surface area contributed by atoms with E-state index in [-0.39, 0.29) is 11.3 Å². The van der Waals surface area contributed by atoms with Crippen molar-refractivity contribution in [2.45, 2.75) is 19.3 Å². The summed E-state index contributed by atoms with van der Waals surface area (Å²) in [5, 5.41) is 4.72. The molecule has 1 amide bonds. The van der Waals surface area contributed by atoms with Crippen molar-refractivity contribution < 1.29 is 9.21 Å². The van der Waals surface area contributed by atoms with E-state index in [1.807, 2.05) is 23.6 Å². The van der Waals surface area contributed by atoms with E-state index in [2.05, 4.69) is 15.2 Å². The highest BCUT2D eigenvalue weighted by atomic mass is 32.1. The van der Waals surface area contributed by atoms with E-state index in [1.165, 1.54) is 17.8 Å². The maximum atomic E-state index is 12.7. The van der Waals surface area contributed by atoms with Crippen LogP contribution in [0.2, 0.25) is 0 Å². The number of hydrogen-bond donors (Lipinski definition) is 1. The Balaban J connectivity index is 1.44. The molecule has 0 spiro atoms. The topological polar surface area (TPSA) is 75.4 Å². The van der Waals surface area contributed by atoms with Crippen LogP contribution in [0.15, 0.2) is 69.3 Å². The molecular formula is C24H21N3O3S. The van der Waals surface area contributed by atoms with Crippen molar-refractivity contribution in [3.63, 3.8) is 0 Å². The number of thiophene rings is 1. The third kappa shape index (κ3) is 3.96. The van der Waals surface area contributed by atoms with Gasteiger partial charge in [0.05, 0.1) is 0 Å². The number of carbonyl (C=O) groups is 1. The van der Waals surface area contributed by atoms with Gasteiger partial charge in [-0.2, -0.15) is 0 Å². The van der Waals surface area contributed by atoms with Crippen LogP contribution in [0.3, 0.4) is 0 Å². The van der Waals surface area contributed by atoms with E-state index < -0.39 is 0 Å². The Hall–Kier alpha value is -3.45. The highest BCUT2D eigenvalue weighted by Gasteiger charge is 2.18. The molecule has 0 unspecified atom stereocenters. The van der Waals surface area contributed by atoms with E-state index in [1.54, 1.807) is 36.5 Å². The van der Waals surface area contributed by atoms with Gasteiger partial charge in [-0.05, 0) is 49.1 Å². The lowest BCUT2D eigenvalue weighted by atomic mass is 10.1. The molecule has 1 aliphatic heterocycles. The first-order valence-electron chi connectivity index (χ1n) is 10.3. The zero-order chi connectivity index (χ0) is 21.2. The summed E-state index contributed by atoms with van der Waals surface area (Å²) in [5.74, 6) is 0.926. The normalized spacial score (nSPS) is 14.0. The number of piperidine rings is 1. The molecule has 4 aromatic rings. The molecule has 5 rings (SSSR count). The van der Waals surface area contributed by atoms with Crippen LogP contribution < -0.4 is 15.6 Å². The molecule has 1 fully saturated rings. The molecule has 4 heterocycles. The first-order chi connectivity index (χ1) is 15.2. The molecule has 0 radical (unpaired) electrons. The third-order valence-electron chi connectivity index (χ3n) is 5.46. The average molecular weight is 432 g/mol. The van der Waals surface area contributed by atoms with Crippen LogP contribution in [-0.2, 0) is 0 Å². The molecule has 156 valence electrons. The van der Waals surface area contributed by atoms with Crippen molar-refractivity contribution in [1.29, 1.82) is 0 Å². The summed E-state index contributed by atoms with van der Waals surface area (Å²) in [4.78, 5) is 31.4. The fraction of sp³-hybridized carbons (Fsp3) is 0.208. The SMILES string of the molecule is O=C(Nc1ccccn1)c1ccc(-c2csc3c(=O)cc(N4CCCCC4)oc23)cc1. The van der Waals surface area contributed by atoms with Crippen molar-refractivity contribution in [3.8, 4) is 11.1 Å². The Labute approximate surface area is 183 Å². The minimum absolute atomic E-state index is 0.00978. The number of nitrogens with one attached hydrogen (secondary N) is 1. The molecule has 3 aromatic heterocycles. The van der Waals surface area contributed by atoms with Gasteiger partial charge < -0.3 is 14.6 Å². The molecule has 6 nitrogen and oxygen atoms in total. The van der Waals surface area contributed by atoms with Crippen LogP contribution in [0.1, 0.15) is 29.6 Å². The quantitative estimate of drug-likeness (QED) is 0.483. The average Bonchev–Trinajstić information content (AvgIpc) is 3.25. The second-order valence-electron chi connectivity index (χ2n) is 7.55. The lowest BCUT2D eigenvalue weighted by molar-refractivity contribution is 0.102. The van der Waals surface area contributed by atoms with Crippen molar-refractivity contribution in [3.05, 3.63) is 75.9 Å². The van der Waals surface area contributed by atoms with Crippen LogP contribution in [-0.4, -0.2) is 24.0 Å². The summed E-state index contributed by atoms with van der Waals surface area (Å²) in [6.45, 7) is 1.82. The van der Waals surface area contributed by atoms with Gasteiger partial charge in [-0.25, -0.2) is 4.98 Å². The van der Waals surface area contributed by atoms with Crippen molar-refractivity contribution in [2.24, 2.45) is 0 Å². The second kappa shape index (κ2) is 8.35. The highest BCUT2D eigenvalue weighted by Crippen LogP contribution is 2.35. The largest absolute Gasteiger partial charge is 0.439 e. The zero-order valence-corrected chi connectivity index (χ0v) is 17.7. The minimum atomic E-state index is -0.223. The standard InChI is InChI=1S/C24H21N3O3S/c28-19-14-21(27-12-4-1-5-13-27)30-22-18(15-31-23(19)22)16-7-9-17(10-8-16)24(29)26-20-6-2-3-11-25-20/h2-3,6-11,14-15H,1,4-5,12-13H2,(H,25,26,29). The molecule has 1 aromatic carbocycles. The molecule has 7 heteroatoms. The molecule has 0 aliphatic carbocycles. The third-order valence-corrected chi connectivity index (χ3v) is 6.44. The summed E-state index contributed by atoms with van der Waals surface area (Å²) in [5.41, 5.74) is 2.91. The number of anilines is 2. The number of rotatable bonds is 4. The van der Waals surface area contributed by atoms with Gasteiger partial charge >= 0.3 is 0 Å². The van der Waals surface area contributed by atoms with E-state index in [0.29, 0.717) is 27.5 Å². The van der Waals surface area contributed by atoms with Crippen LogP contribution in [0, 0.1) is 0 Å². The number of pyridine rings is 1. The first-order valence-corrected chi connectivity index (χ1v) is 11.2. The van der Waals surface area contributed by atoms with E-state index in [4.69, 9.17) is 4.42 Å². The van der Waals surface area contributed by atoms with Crippen molar-refractivity contribution >= 4 is 39.2 Å². The number of hydrogen-bond acceptors (Lipinski definition) is 6. The molecule has 1 N–H and O–H groups in total. The second-order valence-corrected chi connectivity index (χ2v) is 8.43. The number of aromatic nitrogens is 1. The van der Waals surface area contributed by atoms with Gasteiger partial charge in [0.2, 0.25) is 5.43 Å². The summed E-state index contributed by atoms with van der Waals surface area (Å²) >= 11 is 1.39. The minimum Gasteiger partial charge on any atom is -0.439 e.